The van der Waals surface area contributed by atoms with E-state index in [1.807, 2.05) is 32.0 Å². The second-order valence-corrected chi connectivity index (χ2v) is 9.99. The summed E-state index contributed by atoms with van der Waals surface area (Å²) < 4.78 is 30.8. The Hall–Kier alpha value is -3.07. The number of likely N-dealkylation sites (tertiary alicyclic amines) is 1. The minimum absolute atomic E-state index is 0.0709. The maximum Gasteiger partial charge on any atom is 0.253 e. The summed E-state index contributed by atoms with van der Waals surface area (Å²) in [5.74, 6) is -0.292. The Kier molecular flexibility index (Phi) is 7.08. The van der Waals surface area contributed by atoms with Crippen LogP contribution in [0.2, 0.25) is 0 Å². The Labute approximate surface area is 189 Å². The summed E-state index contributed by atoms with van der Waals surface area (Å²) in [5.41, 5.74) is 3.37. The van der Waals surface area contributed by atoms with Crippen molar-refractivity contribution in [3.05, 3.63) is 53.1 Å². The second kappa shape index (κ2) is 9.60. The van der Waals surface area contributed by atoms with Gasteiger partial charge in [0.2, 0.25) is 15.9 Å². The van der Waals surface area contributed by atoms with Gasteiger partial charge < -0.3 is 15.0 Å². The first kappa shape index (κ1) is 23.6. The normalized spacial score (nSPS) is 16.4. The third-order valence-electron chi connectivity index (χ3n) is 5.31. The van der Waals surface area contributed by atoms with Crippen LogP contribution in [0.5, 0.6) is 5.75 Å². The molecule has 9 heteroatoms. The molecule has 2 aromatic carbocycles. The van der Waals surface area contributed by atoms with E-state index in [-0.39, 0.29) is 23.4 Å². The number of methoxy groups -OCH3 is 1. The number of sulfonamides is 1. The Bertz CT molecular complexity index is 1110. The fourth-order valence-electron chi connectivity index (χ4n) is 3.97. The highest BCUT2D eigenvalue weighted by atomic mass is 32.2. The van der Waals surface area contributed by atoms with Crippen molar-refractivity contribution in [1.29, 1.82) is 0 Å². The number of rotatable bonds is 6. The Morgan fingerprint density at radius 2 is 1.78 bits per heavy atom. The van der Waals surface area contributed by atoms with Gasteiger partial charge in [0.1, 0.15) is 5.75 Å². The zero-order valence-electron chi connectivity index (χ0n) is 18.8. The summed E-state index contributed by atoms with van der Waals surface area (Å²) in [5, 5.41) is 2.84. The van der Waals surface area contributed by atoms with Crippen LogP contribution in [-0.2, 0) is 14.8 Å². The predicted molar refractivity (Wildman–Crippen MR) is 125 cm³/mol. The average molecular weight is 460 g/mol. The molecule has 2 amide bonds. The number of amides is 2. The van der Waals surface area contributed by atoms with Gasteiger partial charge in [0.05, 0.1) is 25.0 Å². The van der Waals surface area contributed by atoms with Crippen molar-refractivity contribution < 1.29 is 22.7 Å². The van der Waals surface area contributed by atoms with E-state index in [0.29, 0.717) is 36.5 Å². The van der Waals surface area contributed by atoms with Gasteiger partial charge >= 0.3 is 0 Å². The number of anilines is 2. The van der Waals surface area contributed by atoms with E-state index in [1.165, 1.54) is 13.2 Å². The average Bonchev–Trinajstić information content (AvgIpc) is 2.71. The summed E-state index contributed by atoms with van der Waals surface area (Å²) in [6, 6.07) is 10.5. The molecule has 172 valence electrons. The molecule has 3 rings (SSSR count). The van der Waals surface area contributed by atoms with Crippen molar-refractivity contribution in [2.75, 3.05) is 36.5 Å². The van der Waals surface area contributed by atoms with Gasteiger partial charge in [0, 0.05) is 24.3 Å². The van der Waals surface area contributed by atoms with Gasteiger partial charge in [-0.15, -0.1) is 0 Å². The number of aryl methyl sites for hydroxylation is 2. The smallest absolute Gasteiger partial charge is 0.253 e. The molecule has 8 nitrogen and oxygen atoms in total. The molecule has 1 saturated heterocycles. The van der Waals surface area contributed by atoms with Crippen molar-refractivity contribution in [3.8, 4) is 5.75 Å². The third-order valence-corrected chi connectivity index (χ3v) is 5.90. The minimum atomic E-state index is -3.51. The topological polar surface area (TPSA) is 105 Å². The molecule has 2 aromatic rings. The van der Waals surface area contributed by atoms with E-state index < -0.39 is 10.0 Å². The van der Waals surface area contributed by atoms with Crippen molar-refractivity contribution >= 4 is 33.2 Å². The molecule has 0 saturated carbocycles. The zero-order chi connectivity index (χ0) is 23.5. The van der Waals surface area contributed by atoms with Crippen LogP contribution >= 0.6 is 0 Å². The van der Waals surface area contributed by atoms with Crippen LogP contribution in [0.15, 0.2) is 36.4 Å². The maximum absolute atomic E-state index is 13.0. The van der Waals surface area contributed by atoms with Crippen LogP contribution in [0.3, 0.4) is 0 Å². The lowest BCUT2D eigenvalue weighted by atomic mass is 9.96. The monoisotopic (exact) mass is 459 g/mol. The van der Waals surface area contributed by atoms with Gasteiger partial charge in [-0.1, -0.05) is 17.2 Å². The molecule has 1 aliphatic rings. The van der Waals surface area contributed by atoms with E-state index in [4.69, 9.17) is 4.74 Å². The number of nitrogens with one attached hydrogen (secondary N) is 2. The van der Waals surface area contributed by atoms with E-state index in [0.717, 1.165) is 23.8 Å². The zero-order valence-corrected chi connectivity index (χ0v) is 19.6. The standard InChI is InChI=1S/C23H29N3O5S/c1-15-10-16(2)12-18(11-15)23(28)26-9-5-6-17(14-26)22(27)24-19-7-8-21(31-3)20(13-19)25-32(4,29)30/h7-8,10-13,17,25H,5-6,9,14H2,1-4H3,(H,24,27). The molecule has 0 aromatic heterocycles. The van der Waals surface area contributed by atoms with Crippen LogP contribution < -0.4 is 14.8 Å². The molecule has 1 heterocycles. The van der Waals surface area contributed by atoms with Gasteiger partial charge in [-0.3, -0.25) is 14.3 Å². The van der Waals surface area contributed by atoms with Crippen LogP contribution in [0, 0.1) is 19.8 Å². The maximum atomic E-state index is 13.0. The van der Waals surface area contributed by atoms with E-state index in [1.54, 1.807) is 17.0 Å². The van der Waals surface area contributed by atoms with Gasteiger partial charge in [-0.2, -0.15) is 0 Å². The van der Waals surface area contributed by atoms with Crippen molar-refractivity contribution in [3.63, 3.8) is 0 Å². The lowest BCUT2D eigenvalue weighted by Gasteiger charge is -2.32. The Balaban J connectivity index is 1.71. The van der Waals surface area contributed by atoms with Gasteiger partial charge in [-0.05, 0) is 57.0 Å². The quantitative estimate of drug-likeness (QED) is 0.690. The first-order valence-electron chi connectivity index (χ1n) is 10.4. The van der Waals surface area contributed by atoms with Gasteiger partial charge in [0.15, 0.2) is 0 Å². The lowest BCUT2D eigenvalue weighted by molar-refractivity contribution is -0.121. The van der Waals surface area contributed by atoms with Crippen molar-refractivity contribution in [2.45, 2.75) is 26.7 Å². The number of carbonyl (C=O) groups is 2. The summed E-state index contributed by atoms with van der Waals surface area (Å²) in [4.78, 5) is 27.6. The first-order chi connectivity index (χ1) is 15.1. The van der Waals surface area contributed by atoms with Crippen LogP contribution in [0.25, 0.3) is 0 Å². The largest absolute Gasteiger partial charge is 0.495 e. The number of carbonyl (C=O) groups excluding carboxylic acids is 2. The number of piperidine rings is 1. The van der Waals surface area contributed by atoms with E-state index >= 15 is 0 Å². The predicted octanol–water partition coefficient (Wildman–Crippen LogP) is 3.17. The summed E-state index contributed by atoms with van der Waals surface area (Å²) >= 11 is 0. The molecule has 32 heavy (non-hydrogen) atoms. The molecular weight excluding hydrogens is 430 g/mol. The summed E-state index contributed by atoms with van der Waals surface area (Å²) in [6.07, 6.45) is 2.45. The molecule has 1 atom stereocenters. The molecule has 0 radical (unpaired) electrons. The number of hydrogen-bond acceptors (Lipinski definition) is 5. The first-order valence-corrected chi connectivity index (χ1v) is 12.3. The Morgan fingerprint density at radius 3 is 2.41 bits per heavy atom. The van der Waals surface area contributed by atoms with Crippen molar-refractivity contribution in [2.24, 2.45) is 5.92 Å². The van der Waals surface area contributed by atoms with Crippen molar-refractivity contribution in [1.82, 2.24) is 4.90 Å². The van der Waals surface area contributed by atoms with Crippen LogP contribution in [-0.4, -0.2) is 51.6 Å². The highest BCUT2D eigenvalue weighted by Crippen LogP contribution is 2.29. The number of hydrogen-bond donors (Lipinski definition) is 2. The van der Waals surface area contributed by atoms with Crippen LogP contribution in [0.4, 0.5) is 11.4 Å². The van der Waals surface area contributed by atoms with Gasteiger partial charge in [0.25, 0.3) is 5.91 Å². The number of ether oxygens (including phenoxy) is 1. The second-order valence-electron chi connectivity index (χ2n) is 8.25. The third kappa shape index (κ3) is 6.00. The molecule has 0 bridgehead atoms. The Morgan fingerprint density at radius 1 is 1.09 bits per heavy atom. The van der Waals surface area contributed by atoms with Gasteiger partial charge in [-0.25, -0.2) is 8.42 Å². The SMILES string of the molecule is COc1ccc(NC(=O)C2CCCN(C(=O)c3cc(C)cc(C)c3)C2)cc1NS(C)(=O)=O. The molecule has 1 unspecified atom stereocenters. The molecule has 0 aliphatic carbocycles. The minimum Gasteiger partial charge on any atom is -0.495 e. The molecule has 1 fully saturated rings. The highest BCUT2D eigenvalue weighted by molar-refractivity contribution is 7.92. The number of nitrogens with zero attached hydrogens (tertiary/aromatic N) is 1. The fraction of sp³-hybridized carbons (Fsp3) is 0.391. The lowest BCUT2D eigenvalue weighted by Crippen LogP contribution is -2.43. The van der Waals surface area contributed by atoms with E-state index in [9.17, 15) is 18.0 Å². The molecule has 2 N–H and O–H groups in total. The molecule has 1 aliphatic heterocycles. The number of benzene rings is 2. The van der Waals surface area contributed by atoms with E-state index in [2.05, 4.69) is 10.0 Å². The molecule has 0 spiro atoms. The highest BCUT2D eigenvalue weighted by Gasteiger charge is 2.29. The fourth-order valence-corrected chi connectivity index (χ4v) is 4.52. The summed E-state index contributed by atoms with van der Waals surface area (Å²) in [6.45, 7) is 4.86. The summed E-state index contributed by atoms with van der Waals surface area (Å²) in [7, 11) is -2.08. The van der Waals surface area contributed by atoms with Crippen LogP contribution in [0.1, 0.15) is 34.3 Å². The molecular formula is C23H29N3O5S.